The molecule has 0 bridgehead atoms. The number of carbonyl (C=O) groups excluding carboxylic acids is 2. The fraction of sp³-hybridized carbons (Fsp3) is 0.529. The minimum absolute atomic E-state index is 0.0123. The second-order valence-corrected chi connectivity index (χ2v) is 5.99. The Morgan fingerprint density at radius 2 is 1.86 bits per heavy atom. The van der Waals surface area contributed by atoms with Crippen molar-refractivity contribution in [1.82, 2.24) is 10.2 Å². The van der Waals surface area contributed by atoms with Crippen molar-refractivity contribution in [1.29, 1.82) is 0 Å². The quantitative estimate of drug-likeness (QED) is 0.751. The van der Waals surface area contributed by atoms with E-state index < -0.39 is 0 Å². The van der Waals surface area contributed by atoms with Gasteiger partial charge in [0.15, 0.2) is 0 Å². The largest absolute Gasteiger partial charge is 0.356 e. The average molecular weight is 303 g/mol. The summed E-state index contributed by atoms with van der Waals surface area (Å²) in [6.45, 7) is 3.84. The molecule has 0 saturated carbocycles. The molecule has 1 aliphatic heterocycles. The van der Waals surface area contributed by atoms with Crippen LogP contribution in [0.5, 0.6) is 0 Å². The van der Waals surface area contributed by atoms with Gasteiger partial charge in [-0.1, -0.05) is 24.3 Å². The van der Waals surface area contributed by atoms with E-state index in [2.05, 4.69) is 17.4 Å². The number of benzene rings is 1. The molecule has 22 heavy (non-hydrogen) atoms. The molecule has 1 aromatic carbocycles. The van der Waals surface area contributed by atoms with E-state index in [0.717, 1.165) is 0 Å². The first-order chi connectivity index (χ1) is 10.6. The van der Waals surface area contributed by atoms with Crippen LogP contribution < -0.4 is 11.1 Å². The second-order valence-electron chi connectivity index (χ2n) is 5.99. The lowest BCUT2D eigenvalue weighted by Crippen LogP contribution is -2.29. The first kappa shape index (κ1) is 16.5. The van der Waals surface area contributed by atoms with Crippen LogP contribution in [0.15, 0.2) is 24.3 Å². The molecule has 1 aromatic rings. The van der Waals surface area contributed by atoms with Crippen molar-refractivity contribution in [2.24, 2.45) is 5.73 Å². The molecule has 1 heterocycles. The summed E-state index contributed by atoms with van der Waals surface area (Å²) >= 11 is 0. The number of amides is 2. The minimum atomic E-state index is 0.0123. The number of nitrogens with one attached hydrogen (secondary N) is 1. The number of rotatable bonds is 7. The van der Waals surface area contributed by atoms with Crippen molar-refractivity contribution in [2.45, 2.75) is 51.7 Å². The zero-order valence-electron chi connectivity index (χ0n) is 13.2. The summed E-state index contributed by atoms with van der Waals surface area (Å²) in [5.41, 5.74) is 8.08. The van der Waals surface area contributed by atoms with Gasteiger partial charge in [0.25, 0.3) is 0 Å². The van der Waals surface area contributed by atoms with Crippen molar-refractivity contribution in [3.05, 3.63) is 35.4 Å². The van der Waals surface area contributed by atoms with Crippen LogP contribution in [0, 0.1) is 0 Å². The van der Waals surface area contributed by atoms with Gasteiger partial charge in [-0.15, -0.1) is 0 Å². The van der Waals surface area contributed by atoms with Gasteiger partial charge in [-0.25, -0.2) is 0 Å². The molecular formula is C17H25N3O2. The zero-order valence-corrected chi connectivity index (χ0v) is 13.2. The predicted molar refractivity (Wildman–Crippen MR) is 85.8 cm³/mol. The van der Waals surface area contributed by atoms with Gasteiger partial charge in [-0.2, -0.15) is 0 Å². The van der Waals surface area contributed by atoms with Crippen LogP contribution in [0.25, 0.3) is 0 Å². The van der Waals surface area contributed by atoms with Crippen LogP contribution in [0.3, 0.4) is 0 Å². The summed E-state index contributed by atoms with van der Waals surface area (Å²) < 4.78 is 0. The van der Waals surface area contributed by atoms with Gasteiger partial charge in [0.05, 0.1) is 0 Å². The molecule has 1 unspecified atom stereocenters. The number of fused-ring (bicyclic) bond motifs is 1. The maximum Gasteiger partial charge on any atom is 0.223 e. The highest BCUT2D eigenvalue weighted by Gasteiger charge is 2.22. The second kappa shape index (κ2) is 7.94. The highest BCUT2D eigenvalue weighted by Crippen LogP contribution is 2.22. The molecule has 0 saturated heterocycles. The average Bonchev–Trinajstić information content (AvgIpc) is 2.93. The van der Waals surface area contributed by atoms with Crippen molar-refractivity contribution < 1.29 is 9.59 Å². The predicted octanol–water partition coefficient (Wildman–Crippen LogP) is 1.55. The maximum atomic E-state index is 12.2. The molecule has 3 N–H and O–H groups in total. The highest BCUT2D eigenvalue weighted by atomic mass is 16.2. The summed E-state index contributed by atoms with van der Waals surface area (Å²) in [6, 6.07) is 8.20. The molecule has 1 atom stereocenters. The number of nitrogens with two attached hydrogens (primary N) is 1. The summed E-state index contributed by atoms with van der Waals surface area (Å²) in [5.74, 6) is 0.166. The van der Waals surface area contributed by atoms with E-state index >= 15 is 0 Å². The molecule has 2 rings (SSSR count). The Balaban J connectivity index is 1.62. The summed E-state index contributed by atoms with van der Waals surface area (Å²) in [5, 5.41) is 2.84. The lowest BCUT2D eigenvalue weighted by Gasteiger charge is -2.15. The lowest BCUT2D eigenvalue weighted by atomic mass is 10.1. The van der Waals surface area contributed by atoms with Crippen molar-refractivity contribution in [2.75, 3.05) is 6.54 Å². The SMILES string of the molecule is CC(N)CCC(=O)NCCCC(=O)N1Cc2ccccc2C1. The zero-order chi connectivity index (χ0) is 15.9. The molecule has 1 aliphatic rings. The normalized spacial score (nSPS) is 14.5. The number of nitrogens with zero attached hydrogens (tertiary/aromatic N) is 1. The van der Waals surface area contributed by atoms with E-state index in [9.17, 15) is 9.59 Å². The van der Waals surface area contributed by atoms with Crippen molar-refractivity contribution >= 4 is 11.8 Å². The number of hydrogen-bond donors (Lipinski definition) is 2. The molecule has 5 nitrogen and oxygen atoms in total. The third-order valence-electron chi connectivity index (χ3n) is 3.91. The fourth-order valence-electron chi connectivity index (χ4n) is 2.58. The standard InChI is InChI=1S/C17H25N3O2/c1-13(18)8-9-16(21)19-10-4-7-17(22)20-11-14-5-2-3-6-15(14)12-20/h2-3,5-6,13H,4,7-12,18H2,1H3,(H,19,21). The van der Waals surface area contributed by atoms with Crippen LogP contribution >= 0.6 is 0 Å². The Morgan fingerprint density at radius 3 is 2.45 bits per heavy atom. The Hall–Kier alpha value is -1.88. The van der Waals surface area contributed by atoms with E-state index in [-0.39, 0.29) is 17.9 Å². The van der Waals surface area contributed by atoms with Gasteiger partial charge in [-0.05, 0) is 30.9 Å². The number of hydrogen-bond acceptors (Lipinski definition) is 3. The van der Waals surface area contributed by atoms with E-state index in [1.165, 1.54) is 11.1 Å². The van der Waals surface area contributed by atoms with Gasteiger partial charge >= 0.3 is 0 Å². The summed E-state index contributed by atoms with van der Waals surface area (Å²) in [7, 11) is 0. The number of carbonyl (C=O) groups is 2. The van der Waals surface area contributed by atoms with E-state index in [1.807, 2.05) is 24.0 Å². The molecule has 0 spiro atoms. The highest BCUT2D eigenvalue weighted by molar-refractivity contribution is 5.77. The molecule has 0 fully saturated rings. The molecule has 0 aliphatic carbocycles. The van der Waals surface area contributed by atoms with Gasteiger partial charge in [0.1, 0.15) is 0 Å². The van der Waals surface area contributed by atoms with Crippen LogP contribution in [-0.4, -0.2) is 29.3 Å². The molecular weight excluding hydrogens is 278 g/mol. The van der Waals surface area contributed by atoms with Crippen LogP contribution in [0.1, 0.15) is 43.7 Å². The van der Waals surface area contributed by atoms with E-state index in [1.54, 1.807) is 0 Å². The summed E-state index contributed by atoms with van der Waals surface area (Å²) in [6.07, 6.45) is 2.29. The van der Waals surface area contributed by atoms with Crippen LogP contribution in [0.4, 0.5) is 0 Å². The lowest BCUT2D eigenvalue weighted by molar-refractivity contribution is -0.132. The Morgan fingerprint density at radius 1 is 1.23 bits per heavy atom. The van der Waals surface area contributed by atoms with Gasteiger partial charge in [0.2, 0.25) is 11.8 Å². The summed E-state index contributed by atoms with van der Waals surface area (Å²) in [4.78, 5) is 25.6. The third-order valence-corrected chi connectivity index (χ3v) is 3.91. The molecule has 5 heteroatoms. The Kier molecular flexibility index (Phi) is 5.95. The van der Waals surface area contributed by atoms with Gasteiger partial charge in [-0.3, -0.25) is 9.59 Å². The van der Waals surface area contributed by atoms with Crippen LogP contribution in [0.2, 0.25) is 0 Å². The Labute approximate surface area is 131 Å². The Bertz CT molecular complexity index is 503. The molecule has 0 aromatic heterocycles. The fourth-order valence-corrected chi connectivity index (χ4v) is 2.58. The molecule has 2 amide bonds. The van der Waals surface area contributed by atoms with Crippen molar-refractivity contribution in [3.63, 3.8) is 0 Å². The van der Waals surface area contributed by atoms with Gasteiger partial charge in [0, 0.05) is 38.5 Å². The van der Waals surface area contributed by atoms with E-state index in [0.29, 0.717) is 45.3 Å². The van der Waals surface area contributed by atoms with Crippen molar-refractivity contribution in [3.8, 4) is 0 Å². The monoisotopic (exact) mass is 303 g/mol. The van der Waals surface area contributed by atoms with Gasteiger partial charge < -0.3 is 16.0 Å². The first-order valence-electron chi connectivity index (χ1n) is 7.93. The minimum Gasteiger partial charge on any atom is -0.356 e. The third kappa shape index (κ3) is 4.84. The maximum absolute atomic E-state index is 12.2. The molecule has 120 valence electrons. The van der Waals surface area contributed by atoms with E-state index in [4.69, 9.17) is 5.73 Å². The smallest absolute Gasteiger partial charge is 0.223 e. The topological polar surface area (TPSA) is 75.4 Å². The van der Waals surface area contributed by atoms with Crippen LogP contribution in [-0.2, 0) is 22.7 Å². The first-order valence-corrected chi connectivity index (χ1v) is 7.93. The molecule has 0 radical (unpaired) electrons.